The molecule has 2 heterocycles. The van der Waals surface area contributed by atoms with Gasteiger partial charge in [0.25, 0.3) is 0 Å². The molecule has 0 saturated carbocycles. The smallest absolute Gasteiger partial charge is 0.133 e. The zero-order valence-corrected chi connectivity index (χ0v) is 11.9. The number of nitrogens with two attached hydrogens (primary N) is 1. The second-order valence-corrected chi connectivity index (χ2v) is 5.27. The normalized spacial score (nSPS) is 15.3. The molecule has 0 radical (unpaired) electrons. The molecular formula is C15H17ClN4. The lowest BCUT2D eigenvalue weighted by atomic mass is 10.0. The van der Waals surface area contributed by atoms with E-state index >= 15 is 0 Å². The average Bonchev–Trinajstić information content (AvgIpc) is 2.49. The van der Waals surface area contributed by atoms with Crippen LogP contribution in [0, 0.1) is 0 Å². The standard InChI is InChI=1S/C15H17ClN4/c16-12-3-1-11(2-4-12)14-13(5-6-19-15(14)17)20-9-7-18-8-10-20/h1-6,18H,7-10H2,(H2,17,19). The first kappa shape index (κ1) is 13.2. The van der Waals surface area contributed by atoms with E-state index in [-0.39, 0.29) is 0 Å². The van der Waals surface area contributed by atoms with Crippen LogP contribution in [0.25, 0.3) is 11.1 Å². The Labute approximate surface area is 123 Å². The third-order valence-corrected chi connectivity index (χ3v) is 3.80. The van der Waals surface area contributed by atoms with Crippen molar-refractivity contribution >= 4 is 23.1 Å². The molecule has 1 aliphatic heterocycles. The van der Waals surface area contributed by atoms with Crippen molar-refractivity contribution in [2.24, 2.45) is 0 Å². The van der Waals surface area contributed by atoms with Crippen LogP contribution in [0.2, 0.25) is 5.02 Å². The number of rotatable bonds is 2. The van der Waals surface area contributed by atoms with E-state index < -0.39 is 0 Å². The average molecular weight is 289 g/mol. The second-order valence-electron chi connectivity index (χ2n) is 4.83. The molecule has 1 fully saturated rings. The van der Waals surface area contributed by atoms with Gasteiger partial charge in [0.05, 0.1) is 0 Å². The minimum absolute atomic E-state index is 0.559. The van der Waals surface area contributed by atoms with E-state index in [4.69, 9.17) is 17.3 Å². The maximum absolute atomic E-state index is 6.11. The first-order chi connectivity index (χ1) is 9.75. The van der Waals surface area contributed by atoms with Crippen LogP contribution >= 0.6 is 11.6 Å². The summed E-state index contributed by atoms with van der Waals surface area (Å²) >= 11 is 5.96. The summed E-state index contributed by atoms with van der Waals surface area (Å²) in [5.41, 5.74) is 9.29. The molecule has 0 aliphatic carbocycles. The van der Waals surface area contributed by atoms with Gasteiger partial charge >= 0.3 is 0 Å². The van der Waals surface area contributed by atoms with Crippen molar-refractivity contribution in [3.8, 4) is 11.1 Å². The number of halogens is 1. The first-order valence-corrected chi connectivity index (χ1v) is 7.09. The van der Waals surface area contributed by atoms with Crippen LogP contribution in [0.15, 0.2) is 36.5 Å². The molecule has 1 saturated heterocycles. The first-order valence-electron chi connectivity index (χ1n) is 6.72. The van der Waals surface area contributed by atoms with E-state index in [2.05, 4.69) is 15.2 Å². The fraction of sp³-hybridized carbons (Fsp3) is 0.267. The van der Waals surface area contributed by atoms with Crippen molar-refractivity contribution in [2.45, 2.75) is 0 Å². The Morgan fingerprint density at radius 3 is 2.50 bits per heavy atom. The van der Waals surface area contributed by atoms with Crippen molar-refractivity contribution < 1.29 is 0 Å². The number of nitrogens with zero attached hydrogens (tertiary/aromatic N) is 2. The number of benzene rings is 1. The van der Waals surface area contributed by atoms with Crippen LogP contribution in [0.5, 0.6) is 0 Å². The molecule has 104 valence electrons. The number of nitrogen functional groups attached to an aromatic ring is 1. The summed E-state index contributed by atoms with van der Waals surface area (Å²) in [6, 6.07) is 9.77. The van der Waals surface area contributed by atoms with Crippen molar-refractivity contribution in [2.75, 3.05) is 36.8 Å². The molecule has 0 unspecified atom stereocenters. The van der Waals surface area contributed by atoms with E-state index in [1.54, 1.807) is 6.20 Å². The highest BCUT2D eigenvalue weighted by molar-refractivity contribution is 6.30. The summed E-state index contributed by atoms with van der Waals surface area (Å²) in [5.74, 6) is 0.559. The van der Waals surface area contributed by atoms with E-state index in [1.165, 1.54) is 0 Å². The van der Waals surface area contributed by atoms with Gasteiger partial charge in [0.2, 0.25) is 0 Å². The van der Waals surface area contributed by atoms with Crippen molar-refractivity contribution in [3.05, 3.63) is 41.6 Å². The Morgan fingerprint density at radius 1 is 1.10 bits per heavy atom. The number of aromatic nitrogens is 1. The van der Waals surface area contributed by atoms with Gasteiger partial charge in [-0.3, -0.25) is 0 Å². The Balaban J connectivity index is 2.06. The largest absolute Gasteiger partial charge is 0.383 e. The molecule has 20 heavy (non-hydrogen) atoms. The SMILES string of the molecule is Nc1nccc(N2CCNCC2)c1-c1ccc(Cl)cc1. The van der Waals surface area contributed by atoms with Gasteiger partial charge in [0, 0.05) is 48.6 Å². The van der Waals surface area contributed by atoms with Crippen LogP contribution in [0.3, 0.4) is 0 Å². The zero-order valence-electron chi connectivity index (χ0n) is 11.1. The third kappa shape index (κ3) is 2.57. The number of piperazine rings is 1. The Hall–Kier alpha value is -1.78. The van der Waals surface area contributed by atoms with Crippen molar-refractivity contribution in [1.29, 1.82) is 0 Å². The molecule has 1 aromatic heterocycles. The molecule has 0 atom stereocenters. The van der Waals surface area contributed by atoms with E-state index in [0.29, 0.717) is 5.82 Å². The van der Waals surface area contributed by atoms with Crippen molar-refractivity contribution in [1.82, 2.24) is 10.3 Å². The Bertz CT molecular complexity index is 591. The lowest BCUT2D eigenvalue weighted by Gasteiger charge is -2.31. The summed E-state index contributed by atoms with van der Waals surface area (Å²) in [6.45, 7) is 3.93. The molecular weight excluding hydrogens is 272 g/mol. The molecule has 2 aromatic rings. The number of hydrogen-bond donors (Lipinski definition) is 2. The van der Waals surface area contributed by atoms with E-state index in [1.807, 2.05) is 30.3 Å². The monoisotopic (exact) mass is 288 g/mol. The van der Waals surface area contributed by atoms with Gasteiger partial charge < -0.3 is 16.0 Å². The minimum Gasteiger partial charge on any atom is -0.383 e. The highest BCUT2D eigenvalue weighted by Crippen LogP contribution is 2.35. The molecule has 0 bridgehead atoms. The number of hydrogen-bond acceptors (Lipinski definition) is 4. The van der Waals surface area contributed by atoms with Gasteiger partial charge in [-0.2, -0.15) is 0 Å². The van der Waals surface area contributed by atoms with Crippen LogP contribution in [-0.2, 0) is 0 Å². The van der Waals surface area contributed by atoms with Crippen LogP contribution in [0.4, 0.5) is 11.5 Å². The summed E-state index contributed by atoms with van der Waals surface area (Å²) < 4.78 is 0. The summed E-state index contributed by atoms with van der Waals surface area (Å²) in [5, 5.41) is 4.08. The maximum atomic E-state index is 6.11. The number of nitrogens with one attached hydrogen (secondary N) is 1. The van der Waals surface area contributed by atoms with E-state index in [0.717, 1.165) is 48.0 Å². The molecule has 3 N–H and O–H groups in total. The fourth-order valence-corrected chi connectivity index (χ4v) is 2.67. The lowest BCUT2D eigenvalue weighted by Crippen LogP contribution is -2.43. The zero-order chi connectivity index (χ0) is 13.9. The summed E-state index contributed by atoms with van der Waals surface area (Å²) in [7, 11) is 0. The van der Waals surface area contributed by atoms with Gasteiger partial charge in [0.1, 0.15) is 5.82 Å². The quantitative estimate of drug-likeness (QED) is 0.891. The predicted molar refractivity (Wildman–Crippen MR) is 84.2 cm³/mol. The van der Waals surface area contributed by atoms with Gasteiger partial charge in [-0.25, -0.2) is 4.98 Å². The molecule has 0 amide bonds. The van der Waals surface area contributed by atoms with Gasteiger partial charge in [0.15, 0.2) is 0 Å². The van der Waals surface area contributed by atoms with Gasteiger partial charge in [-0.15, -0.1) is 0 Å². The van der Waals surface area contributed by atoms with Gasteiger partial charge in [-0.05, 0) is 23.8 Å². The number of pyridine rings is 1. The second kappa shape index (κ2) is 5.69. The van der Waals surface area contributed by atoms with Crippen LogP contribution in [0.1, 0.15) is 0 Å². The summed E-state index contributed by atoms with van der Waals surface area (Å²) in [6.07, 6.45) is 1.77. The maximum Gasteiger partial charge on any atom is 0.133 e. The highest BCUT2D eigenvalue weighted by atomic mass is 35.5. The molecule has 1 aromatic carbocycles. The van der Waals surface area contributed by atoms with Crippen LogP contribution < -0.4 is 16.0 Å². The molecule has 0 spiro atoms. The minimum atomic E-state index is 0.559. The van der Waals surface area contributed by atoms with E-state index in [9.17, 15) is 0 Å². The third-order valence-electron chi connectivity index (χ3n) is 3.55. The molecule has 3 rings (SSSR count). The number of anilines is 2. The molecule has 1 aliphatic rings. The van der Waals surface area contributed by atoms with Gasteiger partial charge in [-0.1, -0.05) is 23.7 Å². The highest BCUT2D eigenvalue weighted by Gasteiger charge is 2.17. The lowest BCUT2D eigenvalue weighted by molar-refractivity contribution is 0.589. The molecule has 5 heteroatoms. The molecule has 4 nitrogen and oxygen atoms in total. The topological polar surface area (TPSA) is 54.2 Å². The van der Waals surface area contributed by atoms with Crippen molar-refractivity contribution in [3.63, 3.8) is 0 Å². The van der Waals surface area contributed by atoms with Crippen LogP contribution in [-0.4, -0.2) is 31.2 Å². The fourth-order valence-electron chi connectivity index (χ4n) is 2.55. The summed E-state index contributed by atoms with van der Waals surface area (Å²) in [4.78, 5) is 6.58. The predicted octanol–water partition coefficient (Wildman–Crippen LogP) is 2.39. The Kier molecular flexibility index (Phi) is 3.76. The Morgan fingerprint density at radius 2 is 1.80 bits per heavy atom.